The molecule has 1 atom stereocenters. The molecule has 0 unspecified atom stereocenters. The Morgan fingerprint density at radius 3 is 2.60 bits per heavy atom. The highest BCUT2D eigenvalue weighted by Gasteiger charge is 2.11. The van der Waals surface area contributed by atoms with Crippen molar-refractivity contribution in [2.45, 2.75) is 12.5 Å². The Bertz CT molecular complexity index is 328. The van der Waals surface area contributed by atoms with Crippen LogP contribution < -0.4 is 5.73 Å². The molecule has 3 N–H and O–H groups in total. The lowest BCUT2D eigenvalue weighted by Gasteiger charge is -2.22. The van der Waals surface area contributed by atoms with Gasteiger partial charge in [0.2, 0.25) is 0 Å². The van der Waals surface area contributed by atoms with Crippen molar-refractivity contribution >= 4 is 0 Å². The van der Waals surface area contributed by atoms with E-state index in [-0.39, 0.29) is 11.8 Å². The topological polar surface area (TPSA) is 49.5 Å². The SMILES string of the molecule is CN(C)[C@H](CN)Cc1ccc(O)c(F)c1. The molecule has 4 heteroatoms. The van der Waals surface area contributed by atoms with E-state index in [1.54, 1.807) is 6.07 Å². The highest BCUT2D eigenvalue weighted by atomic mass is 19.1. The fourth-order valence-corrected chi connectivity index (χ4v) is 1.43. The Labute approximate surface area is 89.3 Å². The molecule has 15 heavy (non-hydrogen) atoms. The zero-order chi connectivity index (χ0) is 11.4. The van der Waals surface area contributed by atoms with E-state index in [1.165, 1.54) is 12.1 Å². The van der Waals surface area contributed by atoms with Crippen molar-refractivity contribution < 1.29 is 9.50 Å². The van der Waals surface area contributed by atoms with Crippen molar-refractivity contribution in [1.29, 1.82) is 0 Å². The summed E-state index contributed by atoms with van der Waals surface area (Å²) in [6, 6.07) is 4.62. The molecule has 0 aliphatic rings. The number of aromatic hydroxyl groups is 1. The van der Waals surface area contributed by atoms with Crippen molar-refractivity contribution in [2.24, 2.45) is 5.73 Å². The lowest BCUT2D eigenvalue weighted by molar-refractivity contribution is 0.297. The predicted octanol–water partition coefficient (Wildman–Crippen LogP) is 0.963. The van der Waals surface area contributed by atoms with E-state index in [1.807, 2.05) is 19.0 Å². The van der Waals surface area contributed by atoms with Crippen LogP contribution in [0.3, 0.4) is 0 Å². The van der Waals surface area contributed by atoms with Crippen LogP contribution in [-0.4, -0.2) is 36.7 Å². The Morgan fingerprint density at radius 2 is 2.13 bits per heavy atom. The van der Waals surface area contributed by atoms with Crippen molar-refractivity contribution in [1.82, 2.24) is 4.90 Å². The van der Waals surface area contributed by atoms with Crippen LogP contribution in [0.5, 0.6) is 5.75 Å². The quantitative estimate of drug-likeness (QED) is 0.781. The fraction of sp³-hybridized carbons (Fsp3) is 0.455. The first-order valence-corrected chi connectivity index (χ1v) is 4.88. The van der Waals surface area contributed by atoms with E-state index in [0.717, 1.165) is 5.56 Å². The molecule has 0 aromatic heterocycles. The minimum atomic E-state index is -0.581. The van der Waals surface area contributed by atoms with Gasteiger partial charge in [-0.15, -0.1) is 0 Å². The lowest BCUT2D eigenvalue weighted by Crippen LogP contribution is -2.36. The van der Waals surface area contributed by atoms with Crippen LogP contribution in [0.15, 0.2) is 18.2 Å². The zero-order valence-electron chi connectivity index (χ0n) is 9.07. The summed E-state index contributed by atoms with van der Waals surface area (Å²) in [5.74, 6) is -0.894. The number of halogens is 1. The molecule has 0 spiro atoms. The molecule has 0 saturated heterocycles. The lowest BCUT2D eigenvalue weighted by atomic mass is 10.0. The smallest absolute Gasteiger partial charge is 0.165 e. The monoisotopic (exact) mass is 212 g/mol. The average Bonchev–Trinajstić information content (AvgIpc) is 2.19. The van der Waals surface area contributed by atoms with Crippen LogP contribution in [0.25, 0.3) is 0 Å². The summed E-state index contributed by atoms with van der Waals surface area (Å²) >= 11 is 0. The minimum absolute atomic E-state index is 0.189. The predicted molar refractivity (Wildman–Crippen MR) is 58.3 cm³/mol. The average molecular weight is 212 g/mol. The molecule has 1 aromatic carbocycles. The molecule has 1 aromatic rings. The first-order chi connectivity index (χ1) is 7.04. The fourth-order valence-electron chi connectivity index (χ4n) is 1.43. The normalized spacial score (nSPS) is 13.1. The number of nitrogens with two attached hydrogens (primary N) is 1. The maximum absolute atomic E-state index is 13.0. The largest absolute Gasteiger partial charge is 0.505 e. The maximum atomic E-state index is 13.0. The Balaban J connectivity index is 2.75. The van der Waals surface area contributed by atoms with E-state index < -0.39 is 5.82 Å². The number of likely N-dealkylation sites (N-methyl/N-ethyl adjacent to an activating group) is 1. The summed E-state index contributed by atoms with van der Waals surface area (Å²) in [5.41, 5.74) is 6.45. The van der Waals surface area contributed by atoms with Crippen molar-refractivity contribution in [2.75, 3.05) is 20.6 Å². The molecule has 0 radical (unpaired) electrons. The third-order valence-electron chi connectivity index (χ3n) is 2.49. The van der Waals surface area contributed by atoms with Crippen molar-refractivity contribution in [3.63, 3.8) is 0 Å². The van der Waals surface area contributed by atoms with Crippen LogP contribution in [0.4, 0.5) is 4.39 Å². The van der Waals surface area contributed by atoms with Gasteiger partial charge in [-0.3, -0.25) is 0 Å². The third-order valence-corrected chi connectivity index (χ3v) is 2.49. The molecule has 0 fully saturated rings. The van der Waals surface area contributed by atoms with Gasteiger partial charge in [0.15, 0.2) is 11.6 Å². The number of hydrogen-bond acceptors (Lipinski definition) is 3. The Kier molecular flexibility index (Phi) is 4.05. The van der Waals surface area contributed by atoms with Crippen molar-refractivity contribution in [3.05, 3.63) is 29.6 Å². The van der Waals surface area contributed by atoms with E-state index in [0.29, 0.717) is 13.0 Å². The van der Waals surface area contributed by atoms with E-state index in [2.05, 4.69) is 0 Å². The molecular weight excluding hydrogens is 195 g/mol. The van der Waals surface area contributed by atoms with E-state index in [4.69, 9.17) is 10.8 Å². The molecule has 84 valence electrons. The molecule has 0 aliphatic carbocycles. The van der Waals surface area contributed by atoms with Gasteiger partial charge in [0.05, 0.1) is 0 Å². The molecule has 1 rings (SSSR count). The molecule has 0 amide bonds. The van der Waals surface area contributed by atoms with Gasteiger partial charge < -0.3 is 15.7 Å². The highest BCUT2D eigenvalue weighted by Crippen LogP contribution is 2.17. The second kappa shape index (κ2) is 5.09. The van der Waals surface area contributed by atoms with E-state index >= 15 is 0 Å². The second-order valence-electron chi connectivity index (χ2n) is 3.84. The first-order valence-electron chi connectivity index (χ1n) is 4.88. The highest BCUT2D eigenvalue weighted by molar-refractivity contribution is 5.28. The van der Waals surface area contributed by atoms with Gasteiger partial charge >= 0.3 is 0 Å². The van der Waals surface area contributed by atoms with Gasteiger partial charge in [0.25, 0.3) is 0 Å². The molecule has 0 aliphatic heterocycles. The number of hydrogen-bond donors (Lipinski definition) is 2. The number of phenolic OH excluding ortho intramolecular Hbond substituents is 1. The third kappa shape index (κ3) is 3.18. The molecule has 3 nitrogen and oxygen atoms in total. The first kappa shape index (κ1) is 11.9. The molecular formula is C11H17FN2O. The second-order valence-corrected chi connectivity index (χ2v) is 3.84. The Hall–Kier alpha value is -1.13. The van der Waals surface area contributed by atoms with Crippen LogP contribution in [0.1, 0.15) is 5.56 Å². The van der Waals surface area contributed by atoms with Gasteiger partial charge in [-0.05, 0) is 38.2 Å². The van der Waals surface area contributed by atoms with Gasteiger partial charge in [-0.2, -0.15) is 0 Å². The van der Waals surface area contributed by atoms with Gasteiger partial charge in [-0.1, -0.05) is 6.07 Å². The molecule has 0 heterocycles. The van der Waals surface area contributed by atoms with Crippen molar-refractivity contribution in [3.8, 4) is 5.75 Å². The summed E-state index contributed by atoms with van der Waals surface area (Å²) in [5, 5.41) is 9.03. The summed E-state index contributed by atoms with van der Waals surface area (Å²) < 4.78 is 13.0. The van der Waals surface area contributed by atoms with Crippen LogP contribution in [0.2, 0.25) is 0 Å². The summed E-state index contributed by atoms with van der Waals surface area (Å²) in [6.45, 7) is 0.523. The minimum Gasteiger partial charge on any atom is -0.505 e. The standard InChI is InChI=1S/C11H17FN2O/c1-14(2)9(7-13)5-8-3-4-11(15)10(12)6-8/h3-4,6,9,15H,5,7,13H2,1-2H3/t9-/m0/s1. The molecule has 0 bridgehead atoms. The maximum Gasteiger partial charge on any atom is 0.165 e. The van der Waals surface area contributed by atoms with Crippen LogP contribution in [0, 0.1) is 5.82 Å². The van der Waals surface area contributed by atoms with Gasteiger partial charge in [0.1, 0.15) is 0 Å². The summed E-state index contributed by atoms with van der Waals surface area (Å²) in [6.07, 6.45) is 0.681. The number of nitrogens with zero attached hydrogens (tertiary/aromatic N) is 1. The van der Waals surface area contributed by atoms with Crippen LogP contribution >= 0.6 is 0 Å². The molecule has 0 saturated carbocycles. The Morgan fingerprint density at radius 1 is 1.47 bits per heavy atom. The summed E-state index contributed by atoms with van der Waals surface area (Å²) in [7, 11) is 3.88. The number of benzene rings is 1. The number of rotatable bonds is 4. The summed E-state index contributed by atoms with van der Waals surface area (Å²) in [4.78, 5) is 2.00. The number of phenols is 1. The zero-order valence-corrected chi connectivity index (χ0v) is 9.07. The van der Waals surface area contributed by atoms with Gasteiger partial charge in [0, 0.05) is 12.6 Å². The van der Waals surface area contributed by atoms with Gasteiger partial charge in [-0.25, -0.2) is 4.39 Å². The van der Waals surface area contributed by atoms with Crippen LogP contribution in [-0.2, 0) is 6.42 Å². The van der Waals surface area contributed by atoms with E-state index in [9.17, 15) is 4.39 Å².